The molecule has 0 saturated heterocycles. The van der Waals surface area contributed by atoms with E-state index in [9.17, 15) is 13.3 Å². The summed E-state index contributed by atoms with van der Waals surface area (Å²) in [6.07, 6.45) is 1.45. The molecule has 0 amide bonds. The maximum Gasteiger partial charge on any atom is 0.329 e. The number of methoxy groups -OCH3 is 1. The molecular weight excluding hydrogens is 491 g/mol. The van der Waals surface area contributed by atoms with Crippen molar-refractivity contribution in [2.75, 3.05) is 13.7 Å². The van der Waals surface area contributed by atoms with Crippen LogP contribution in [0.15, 0.2) is 35.6 Å². The van der Waals surface area contributed by atoms with Crippen LogP contribution in [-0.2, 0) is 16.9 Å². The van der Waals surface area contributed by atoms with Gasteiger partial charge in [0.1, 0.15) is 11.5 Å². The Morgan fingerprint density at radius 2 is 2.11 bits per heavy atom. The second-order valence-electron chi connectivity index (χ2n) is 5.70. The fraction of sp³-hybridized carbons (Fsp3) is 0.294. The first-order valence-corrected chi connectivity index (χ1v) is 10.2. The monoisotopic (exact) mass is 507 g/mol. The number of nitrogens with zero attached hydrogens (tertiary/aromatic N) is 2. The van der Waals surface area contributed by atoms with Gasteiger partial charge in [0.25, 0.3) is 0 Å². The Morgan fingerprint density at radius 1 is 1.33 bits per heavy atom. The number of alkyl halides is 3. The summed E-state index contributed by atoms with van der Waals surface area (Å²) in [5.74, 6) is 1.03. The van der Waals surface area contributed by atoms with Gasteiger partial charge in [-0.2, -0.15) is 13.8 Å². The van der Waals surface area contributed by atoms with Gasteiger partial charge >= 0.3 is 9.09 Å². The Labute approximate surface area is 171 Å². The maximum absolute atomic E-state index is 13.0. The van der Waals surface area contributed by atoms with Gasteiger partial charge in [-0.25, -0.2) is 0 Å². The van der Waals surface area contributed by atoms with E-state index in [0.717, 1.165) is 28.1 Å². The molecule has 144 valence electrons. The van der Waals surface area contributed by atoms with Crippen molar-refractivity contribution in [3.63, 3.8) is 0 Å². The van der Waals surface area contributed by atoms with Gasteiger partial charge in [0.05, 0.1) is 23.8 Å². The highest BCUT2D eigenvalue weighted by Crippen LogP contribution is 2.28. The molecule has 6 nitrogen and oxygen atoms in total. The number of aromatic nitrogens is 3. The molecule has 1 N–H and O–H groups in total. The Bertz CT molecular complexity index is 949. The molecule has 10 heteroatoms. The fourth-order valence-corrected chi connectivity index (χ4v) is 3.67. The summed E-state index contributed by atoms with van der Waals surface area (Å²) in [7, 11) is 1.56. The average molecular weight is 507 g/mol. The number of nitrogens with one attached hydrogen (secondary N) is 1. The van der Waals surface area contributed by atoms with Gasteiger partial charge in [-0.3, -0.25) is 9.97 Å². The first-order chi connectivity index (χ1) is 12.8. The molecule has 3 rings (SSSR count). The standard InChI is InChI=1S/C17H16F2IN3O3S/c1-10-14(21-6-5-15(10)26-9-17(18,19)20)8-27(24)16-22-12-4-3-11(25-2)7-13(12)23-16/h3-7H,8-9H2,1-2H3,(H,22,23). The molecule has 0 aliphatic carbocycles. The summed E-state index contributed by atoms with van der Waals surface area (Å²) in [4.78, 5) is 11.6. The fourth-order valence-electron chi connectivity index (χ4n) is 2.41. The molecule has 0 aliphatic heterocycles. The number of pyridine rings is 1. The zero-order chi connectivity index (χ0) is 19.6. The number of rotatable bonds is 7. The average Bonchev–Trinajstić information content (AvgIpc) is 3.05. The van der Waals surface area contributed by atoms with Gasteiger partial charge in [-0.05, 0) is 25.1 Å². The van der Waals surface area contributed by atoms with Gasteiger partial charge in [-0.15, -0.1) is 0 Å². The van der Waals surface area contributed by atoms with Crippen LogP contribution in [0.1, 0.15) is 11.3 Å². The number of H-pyrrole nitrogens is 1. The third-order valence-electron chi connectivity index (χ3n) is 3.80. The van der Waals surface area contributed by atoms with Crippen molar-refractivity contribution >= 4 is 44.8 Å². The van der Waals surface area contributed by atoms with E-state index >= 15 is 0 Å². The topological polar surface area (TPSA) is 83.1 Å². The van der Waals surface area contributed by atoms with Crippen LogP contribution < -0.4 is 9.47 Å². The lowest BCUT2D eigenvalue weighted by Gasteiger charge is -2.14. The lowest BCUT2D eigenvalue weighted by molar-refractivity contribution is 0.0643. The van der Waals surface area contributed by atoms with E-state index in [2.05, 4.69) is 15.0 Å². The normalized spacial score (nSPS) is 13.0. The summed E-state index contributed by atoms with van der Waals surface area (Å²) in [5.41, 5.74) is 2.46. The molecule has 1 unspecified atom stereocenters. The molecule has 0 aliphatic rings. The lowest BCUT2D eigenvalue weighted by atomic mass is 10.2. The Hall–Kier alpha value is -1.66. The van der Waals surface area contributed by atoms with Crippen LogP contribution in [0.3, 0.4) is 0 Å². The molecule has 27 heavy (non-hydrogen) atoms. The second kappa shape index (κ2) is 8.15. The highest BCUT2D eigenvalue weighted by Gasteiger charge is 2.26. The van der Waals surface area contributed by atoms with Crippen LogP contribution in [0.25, 0.3) is 11.0 Å². The molecule has 3 aromatic rings. The SMILES string of the molecule is COc1ccc2[nH]c([S+]([O-])Cc3nccc(OCC(F)(F)I)c3C)nc2c1. The lowest BCUT2D eigenvalue weighted by Crippen LogP contribution is -2.18. The summed E-state index contributed by atoms with van der Waals surface area (Å²) >= 11 is -0.471. The minimum atomic E-state index is -2.97. The van der Waals surface area contributed by atoms with Crippen LogP contribution in [0.4, 0.5) is 8.78 Å². The van der Waals surface area contributed by atoms with Crippen molar-refractivity contribution in [1.82, 2.24) is 15.0 Å². The van der Waals surface area contributed by atoms with Gasteiger partial charge in [-0.1, -0.05) is 0 Å². The Morgan fingerprint density at radius 3 is 2.81 bits per heavy atom. The van der Waals surface area contributed by atoms with E-state index in [1.807, 2.05) is 0 Å². The van der Waals surface area contributed by atoms with Gasteiger partial charge in [0, 0.05) is 51.6 Å². The van der Waals surface area contributed by atoms with E-state index in [0.29, 0.717) is 33.4 Å². The molecule has 0 saturated carbocycles. The molecule has 1 aromatic carbocycles. The number of hydrogen-bond acceptors (Lipinski definition) is 5. The van der Waals surface area contributed by atoms with Crippen LogP contribution in [-0.4, -0.2) is 37.2 Å². The Kier molecular flexibility index (Phi) is 6.06. The number of imidazole rings is 1. The molecule has 0 bridgehead atoms. The number of halogens is 3. The maximum atomic E-state index is 13.0. The zero-order valence-corrected chi connectivity index (χ0v) is 17.4. The van der Waals surface area contributed by atoms with E-state index in [1.165, 1.54) is 12.3 Å². The number of benzene rings is 1. The molecule has 0 radical (unpaired) electrons. The number of aromatic amines is 1. The summed E-state index contributed by atoms with van der Waals surface area (Å²) in [6.45, 7) is 0.954. The number of hydrogen-bond donors (Lipinski definition) is 1. The highest BCUT2D eigenvalue weighted by atomic mass is 127. The summed E-state index contributed by atoms with van der Waals surface area (Å²) < 4.78 is 46.1. The van der Waals surface area contributed by atoms with Crippen molar-refractivity contribution in [3.05, 3.63) is 41.7 Å². The van der Waals surface area contributed by atoms with Crippen LogP contribution in [0, 0.1) is 6.92 Å². The predicted octanol–water partition coefficient (Wildman–Crippen LogP) is 3.99. The van der Waals surface area contributed by atoms with Crippen molar-refractivity contribution in [2.45, 2.75) is 21.8 Å². The van der Waals surface area contributed by atoms with E-state index in [1.54, 1.807) is 32.2 Å². The molecule has 2 aromatic heterocycles. The molecule has 2 heterocycles. The van der Waals surface area contributed by atoms with Gasteiger partial charge in [0.15, 0.2) is 12.4 Å². The largest absolute Gasteiger partial charge is 0.609 e. The van der Waals surface area contributed by atoms with Gasteiger partial charge in [0.2, 0.25) is 0 Å². The van der Waals surface area contributed by atoms with E-state index in [-0.39, 0.29) is 5.75 Å². The van der Waals surface area contributed by atoms with Crippen molar-refractivity contribution < 1.29 is 22.8 Å². The minimum absolute atomic E-state index is 0.0839. The second-order valence-corrected chi connectivity index (χ2v) is 8.64. The first kappa shape index (κ1) is 20.1. The highest BCUT2D eigenvalue weighted by molar-refractivity contribution is 14.1. The predicted molar refractivity (Wildman–Crippen MR) is 106 cm³/mol. The van der Waals surface area contributed by atoms with Crippen molar-refractivity contribution in [2.24, 2.45) is 0 Å². The summed E-state index contributed by atoms with van der Waals surface area (Å²) in [5, 5.41) is 0.310. The van der Waals surface area contributed by atoms with Crippen LogP contribution >= 0.6 is 22.6 Å². The quantitative estimate of drug-likeness (QED) is 0.297. The van der Waals surface area contributed by atoms with Crippen LogP contribution in [0.5, 0.6) is 11.5 Å². The molecule has 0 fully saturated rings. The van der Waals surface area contributed by atoms with Crippen molar-refractivity contribution in [3.8, 4) is 11.5 Å². The Balaban J connectivity index is 1.78. The number of fused-ring (bicyclic) bond motifs is 1. The third-order valence-corrected chi connectivity index (χ3v) is 5.27. The summed E-state index contributed by atoms with van der Waals surface area (Å²) in [6, 6.07) is 6.83. The smallest absolute Gasteiger partial charge is 0.329 e. The first-order valence-electron chi connectivity index (χ1n) is 7.83. The third kappa shape index (κ3) is 4.99. The molecular formula is C17H16F2IN3O3S. The van der Waals surface area contributed by atoms with Crippen molar-refractivity contribution in [1.29, 1.82) is 0 Å². The van der Waals surface area contributed by atoms with Gasteiger partial charge < -0.3 is 14.0 Å². The van der Waals surface area contributed by atoms with Crippen LogP contribution in [0.2, 0.25) is 0 Å². The minimum Gasteiger partial charge on any atom is -0.609 e. The molecule has 1 atom stereocenters. The number of ether oxygens (including phenoxy) is 2. The zero-order valence-electron chi connectivity index (χ0n) is 14.5. The molecule has 0 spiro atoms. The van der Waals surface area contributed by atoms with E-state index in [4.69, 9.17) is 9.47 Å². The van der Waals surface area contributed by atoms with E-state index < -0.39 is 21.7 Å².